The van der Waals surface area contributed by atoms with Gasteiger partial charge in [-0.3, -0.25) is 4.79 Å². The van der Waals surface area contributed by atoms with Crippen molar-refractivity contribution in [2.24, 2.45) is 13.0 Å². The van der Waals surface area contributed by atoms with Gasteiger partial charge in [-0.2, -0.15) is 0 Å². The van der Waals surface area contributed by atoms with Crippen LogP contribution in [0.1, 0.15) is 30.9 Å². The minimum atomic E-state index is -0.0762. The van der Waals surface area contributed by atoms with Gasteiger partial charge in [0.1, 0.15) is 0 Å². The molecule has 1 fully saturated rings. The molecule has 1 atom stereocenters. The van der Waals surface area contributed by atoms with Crippen LogP contribution in [0.15, 0.2) is 47.5 Å². The summed E-state index contributed by atoms with van der Waals surface area (Å²) in [5.74, 6) is 1.03. The van der Waals surface area contributed by atoms with Crippen molar-refractivity contribution in [1.29, 1.82) is 0 Å². The van der Waals surface area contributed by atoms with E-state index in [9.17, 15) is 4.79 Å². The normalized spacial score (nSPS) is 16.4. The van der Waals surface area contributed by atoms with Gasteiger partial charge in [0.15, 0.2) is 5.82 Å². The zero-order valence-electron chi connectivity index (χ0n) is 11.6. The van der Waals surface area contributed by atoms with Gasteiger partial charge in [-0.25, -0.2) is 4.98 Å². The van der Waals surface area contributed by atoms with Gasteiger partial charge in [0.25, 0.3) is 5.56 Å². The molecule has 4 nitrogen and oxygen atoms in total. The molecule has 1 N–H and O–H groups in total. The molecule has 0 saturated heterocycles. The molecule has 1 saturated carbocycles. The Morgan fingerprint density at radius 3 is 2.70 bits per heavy atom. The van der Waals surface area contributed by atoms with Gasteiger partial charge in [0.05, 0.1) is 6.04 Å². The van der Waals surface area contributed by atoms with Crippen molar-refractivity contribution in [2.75, 3.05) is 5.32 Å². The Kier molecular flexibility index (Phi) is 3.54. The molecule has 1 aromatic heterocycles. The molecule has 1 aromatic carbocycles. The van der Waals surface area contributed by atoms with Crippen LogP contribution in [0.25, 0.3) is 0 Å². The Balaban J connectivity index is 1.91. The van der Waals surface area contributed by atoms with E-state index in [0.29, 0.717) is 11.7 Å². The summed E-state index contributed by atoms with van der Waals surface area (Å²) in [5, 5.41) is 3.36. The summed E-state index contributed by atoms with van der Waals surface area (Å²) in [6.45, 7) is 0. The van der Waals surface area contributed by atoms with Gasteiger partial charge in [-0.05, 0) is 24.3 Å². The molecule has 104 valence electrons. The third-order valence-corrected chi connectivity index (χ3v) is 4.09. The van der Waals surface area contributed by atoms with Crippen molar-refractivity contribution in [3.05, 3.63) is 58.6 Å². The summed E-state index contributed by atoms with van der Waals surface area (Å²) in [4.78, 5) is 16.3. The van der Waals surface area contributed by atoms with Crippen LogP contribution in [0.3, 0.4) is 0 Å². The van der Waals surface area contributed by atoms with Crippen molar-refractivity contribution in [3.63, 3.8) is 0 Å². The first-order chi connectivity index (χ1) is 9.75. The highest BCUT2D eigenvalue weighted by Gasteiger charge is 2.29. The molecule has 0 spiro atoms. The molecule has 3 rings (SSSR count). The monoisotopic (exact) mass is 269 g/mol. The van der Waals surface area contributed by atoms with E-state index in [4.69, 9.17) is 0 Å². The van der Waals surface area contributed by atoms with E-state index >= 15 is 0 Å². The second-order valence-corrected chi connectivity index (χ2v) is 5.42. The molecule has 4 heteroatoms. The van der Waals surface area contributed by atoms with Crippen LogP contribution in [0, 0.1) is 5.92 Å². The maximum Gasteiger partial charge on any atom is 0.293 e. The van der Waals surface area contributed by atoms with Gasteiger partial charge >= 0.3 is 0 Å². The van der Waals surface area contributed by atoms with Crippen LogP contribution in [-0.4, -0.2) is 9.55 Å². The molecule has 20 heavy (non-hydrogen) atoms. The molecule has 0 amide bonds. The number of aromatic nitrogens is 2. The highest BCUT2D eigenvalue weighted by Crippen LogP contribution is 2.39. The molecule has 0 unspecified atom stereocenters. The second kappa shape index (κ2) is 5.49. The van der Waals surface area contributed by atoms with Crippen LogP contribution < -0.4 is 10.9 Å². The Hall–Kier alpha value is -2.10. The van der Waals surface area contributed by atoms with E-state index < -0.39 is 0 Å². The smallest absolute Gasteiger partial charge is 0.293 e. The Morgan fingerprint density at radius 2 is 2.05 bits per heavy atom. The summed E-state index contributed by atoms with van der Waals surface area (Å²) in [6.07, 6.45) is 7.02. The zero-order chi connectivity index (χ0) is 13.9. The van der Waals surface area contributed by atoms with Crippen LogP contribution in [-0.2, 0) is 7.05 Å². The standard InChI is InChI=1S/C16H19N3O/c1-19-11-10-17-15(16(19)20)18-14(13-8-5-9-13)12-6-3-2-4-7-12/h2-4,6-7,10-11,13-14H,5,8-9H2,1H3,(H,17,18)/t14-/m0/s1. The maximum absolute atomic E-state index is 12.1. The van der Waals surface area contributed by atoms with Crippen molar-refractivity contribution < 1.29 is 0 Å². The molecule has 1 aliphatic rings. The maximum atomic E-state index is 12.1. The molecule has 0 aliphatic heterocycles. The predicted octanol–water partition coefficient (Wildman–Crippen LogP) is 2.73. The lowest BCUT2D eigenvalue weighted by Crippen LogP contribution is -2.30. The first-order valence-electron chi connectivity index (χ1n) is 7.09. The molecule has 2 aromatic rings. The lowest BCUT2D eigenvalue weighted by molar-refractivity contribution is 0.276. The number of hydrogen-bond donors (Lipinski definition) is 1. The van der Waals surface area contributed by atoms with E-state index in [-0.39, 0.29) is 11.6 Å². The van der Waals surface area contributed by atoms with Crippen LogP contribution in [0.2, 0.25) is 0 Å². The SMILES string of the molecule is Cn1ccnc(N[C@@H](c2ccccc2)C2CCC2)c1=O. The molecule has 0 bridgehead atoms. The molecule has 1 heterocycles. The van der Waals surface area contributed by atoms with Crippen molar-refractivity contribution in [3.8, 4) is 0 Å². The minimum Gasteiger partial charge on any atom is -0.358 e. The fraction of sp³-hybridized carbons (Fsp3) is 0.375. The first-order valence-corrected chi connectivity index (χ1v) is 7.09. The Morgan fingerprint density at radius 1 is 1.30 bits per heavy atom. The largest absolute Gasteiger partial charge is 0.358 e. The number of benzene rings is 1. The average Bonchev–Trinajstić information content (AvgIpc) is 2.42. The number of hydrogen-bond acceptors (Lipinski definition) is 3. The van der Waals surface area contributed by atoms with Crippen molar-refractivity contribution >= 4 is 5.82 Å². The number of nitrogens with one attached hydrogen (secondary N) is 1. The molecular formula is C16H19N3O. The molecular weight excluding hydrogens is 250 g/mol. The van der Waals surface area contributed by atoms with E-state index in [2.05, 4.69) is 22.4 Å². The first kappa shape index (κ1) is 12.9. The summed E-state index contributed by atoms with van der Waals surface area (Å²) in [7, 11) is 1.75. The summed E-state index contributed by atoms with van der Waals surface area (Å²) in [5.41, 5.74) is 1.15. The Labute approximate surface area is 118 Å². The fourth-order valence-electron chi connectivity index (χ4n) is 2.65. The molecule has 1 aliphatic carbocycles. The van der Waals surface area contributed by atoms with Gasteiger partial charge in [-0.1, -0.05) is 36.8 Å². The van der Waals surface area contributed by atoms with Gasteiger partial charge in [0.2, 0.25) is 0 Å². The zero-order valence-corrected chi connectivity index (χ0v) is 11.6. The number of rotatable bonds is 4. The average molecular weight is 269 g/mol. The number of anilines is 1. The summed E-state index contributed by atoms with van der Waals surface area (Å²) in [6, 6.07) is 10.5. The van der Waals surface area contributed by atoms with Crippen LogP contribution >= 0.6 is 0 Å². The minimum absolute atomic E-state index is 0.0762. The quantitative estimate of drug-likeness (QED) is 0.928. The topological polar surface area (TPSA) is 46.9 Å². The van der Waals surface area contributed by atoms with Gasteiger partial charge in [0, 0.05) is 19.4 Å². The third-order valence-electron chi connectivity index (χ3n) is 4.09. The number of aryl methyl sites for hydroxylation is 1. The highest BCUT2D eigenvalue weighted by molar-refractivity contribution is 5.37. The highest BCUT2D eigenvalue weighted by atomic mass is 16.1. The van der Waals surface area contributed by atoms with E-state index in [0.717, 1.165) is 0 Å². The second-order valence-electron chi connectivity index (χ2n) is 5.42. The lowest BCUT2D eigenvalue weighted by atomic mass is 9.77. The fourth-order valence-corrected chi connectivity index (χ4v) is 2.65. The summed E-state index contributed by atoms with van der Waals surface area (Å²) < 4.78 is 1.55. The summed E-state index contributed by atoms with van der Waals surface area (Å²) >= 11 is 0. The molecule has 0 radical (unpaired) electrons. The van der Waals surface area contributed by atoms with Crippen LogP contribution in [0.5, 0.6) is 0 Å². The van der Waals surface area contributed by atoms with E-state index in [1.165, 1.54) is 24.8 Å². The van der Waals surface area contributed by atoms with Crippen LogP contribution in [0.4, 0.5) is 5.82 Å². The van der Waals surface area contributed by atoms with Gasteiger partial charge in [-0.15, -0.1) is 0 Å². The van der Waals surface area contributed by atoms with Gasteiger partial charge < -0.3 is 9.88 Å². The lowest BCUT2D eigenvalue weighted by Gasteiger charge is -2.34. The number of nitrogens with zero attached hydrogens (tertiary/aromatic N) is 2. The Bertz CT molecular complexity index is 632. The third kappa shape index (κ3) is 2.46. The van der Waals surface area contributed by atoms with Crippen molar-refractivity contribution in [2.45, 2.75) is 25.3 Å². The predicted molar refractivity (Wildman–Crippen MR) is 79.6 cm³/mol. The van der Waals surface area contributed by atoms with E-state index in [1.54, 1.807) is 24.0 Å². The van der Waals surface area contributed by atoms with E-state index in [1.807, 2.05) is 18.2 Å². The van der Waals surface area contributed by atoms with Crippen molar-refractivity contribution in [1.82, 2.24) is 9.55 Å².